The molecule has 1 atom stereocenters. The Morgan fingerprint density at radius 3 is 2.38 bits per heavy atom. The number of benzene rings is 1. The molecule has 2 aliphatic heterocycles. The van der Waals surface area contributed by atoms with Gasteiger partial charge in [0.25, 0.3) is 0 Å². The van der Waals surface area contributed by atoms with Crippen LogP contribution in [0.1, 0.15) is 37.7 Å². The Labute approximate surface area is 170 Å². The molecule has 2 saturated heterocycles. The van der Waals surface area contributed by atoms with E-state index >= 15 is 0 Å². The Morgan fingerprint density at radius 2 is 1.73 bits per heavy atom. The van der Waals surface area contributed by atoms with Crippen molar-refractivity contribution in [2.24, 2.45) is 5.92 Å². The first kappa shape index (κ1) is 23.2. The van der Waals surface area contributed by atoms with Crippen LogP contribution in [-0.4, -0.2) is 55.0 Å². The second-order valence-corrected chi connectivity index (χ2v) is 7.29. The van der Waals surface area contributed by atoms with Crippen molar-refractivity contribution in [3.63, 3.8) is 0 Å². The molecule has 0 aromatic heterocycles. The van der Waals surface area contributed by atoms with E-state index in [-0.39, 0.29) is 30.9 Å². The van der Waals surface area contributed by atoms with Crippen molar-refractivity contribution in [1.82, 2.24) is 15.1 Å². The summed E-state index contributed by atoms with van der Waals surface area (Å²) in [4.78, 5) is 17.6. The Hall–Kier alpha value is -0.810. The Bertz CT molecular complexity index is 521. The highest BCUT2D eigenvalue weighted by atomic mass is 35.5. The third-order valence-corrected chi connectivity index (χ3v) is 5.55. The number of hydrogen-bond acceptors (Lipinski definition) is 3. The van der Waals surface area contributed by atoms with Gasteiger partial charge < -0.3 is 10.2 Å². The normalized spacial score (nSPS) is 21.6. The first-order valence-corrected chi connectivity index (χ1v) is 9.49. The van der Waals surface area contributed by atoms with E-state index in [2.05, 4.69) is 45.4 Å². The lowest BCUT2D eigenvalue weighted by atomic mass is 9.94. The van der Waals surface area contributed by atoms with Crippen LogP contribution in [0.2, 0.25) is 0 Å². The summed E-state index contributed by atoms with van der Waals surface area (Å²) in [6.45, 7) is 4.88. The number of carbonyl (C=O) groups is 1. The van der Waals surface area contributed by atoms with Gasteiger partial charge >= 0.3 is 0 Å². The maximum absolute atomic E-state index is 13.1. The third-order valence-electron chi connectivity index (χ3n) is 5.55. The molecule has 0 aliphatic carbocycles. The summed E-state index contributed by atoms with van der Waals surface area (Å²) >= 11 is 0. The smallest absolute Gasteiger partial charge is 0.239 e. The van der Waals surface area contributed by atoms with Gasteiger partial charge in [0.1, 0.15) is 0 Å². The lowest BCUT2D eigenvalue weighted by Crippen LogP contribution is -2.52. The van der Waals surface area contributed by atoms with Crippen molar-refractivity contribution in [1.29, 1.82) is 0 Å². The molecule has 2 fully saturated rings. The summed E-state index contributed by atoms with van der Waals surface area (Å²) in [5, 5.41) is 3.27. The monoisotopic (exact) mass is 401 g/mol. The maximum atomic E-state index is 13.1. The number of nitrogens with zero attached hydrogens (tertiary/aromatic N) is 2. The number of halogens is 2. The van der Waals surface area contributed by atoms with Gasteiger partial charge in [-0.1, -0.05) is 36.8 Å². The molecular weight excluding hydrogens is 369 g/mol. The van der Waals surface area contributed by atoms with E-state index in [0.717, 1.165) is 57.9 Å². The van der Waals surface area contributed by atoms with Crippen LogP contribution in [0.3, 0.4) is 0 Å². The summed E-state index contributed by atoms with van der Waals surface area (Å²) in [5.74, 6) is 1.10. The fourth-order valence-electron chi connectivity index (χ4n) is 4.13. The van der Waals surface area contributed by atoms with Crippen LogP contribution >= 0.6 is 24.8 Å². The number of hydrogen-bond donors (Lipinski definition) is 1. The molecule has 2 aliphatic rings. The fourth-order valence-corrected chi connectivity index (χ4v) is 4.13. The topological polar surface area (TPSA) is 35.6 Å². The van der Waals surface area contributed by atoms with Gasteiger partial charge in [-0.05, 0) is 57.3 Å². The zero-order valence-corrected chi connectivity index (χ0v) is 17.4. The molecule has 4 nitrogen and oxygen atoms in total. The molecule has 1 amide bonds. The molecule has 2 heterocycles. The van der Waals surface area contributed by atoms with Crippen LogP contribution in [-0.2, 0) is 11.3 Å². The summed E-state index contributed by atoms with van der Waals surface area (Å²) in [6.07, 6.45) is 5.68. The summed E-state index contributed by atoms with van der Waals surface area (Å²) in [5.41, 5.74) is 1.31. The van der Waals surface area contributed by atoms with Gasteiger partial charge in [-0.15, -0.1) is 24.8 Å². The second kappa shape index (κ2) is 11.8. The molecule has 6 heteroatoms. The quantitative estimate of drug-likeness (QED) is 0.821. The molecule has 26 heavy (non-hydrogen) atoms. The second-order valence-electron chi connectivity index (χ2n) is 7.29. The molecule has 0 radical (unpaired) electrons. The minimum Gasteiger partial charge on any atom is -0.341 e. The van der Waals surface area contributed by atoms with Crippen LogP contribution in [0.4, 0.5) is 0 Å². The molecule has 148 valence electrons. The standard InChI is InChI=1S/C20H31N3O.2ClH/c1-21-15-17-10-13-22(14-11-17)20(24)19-9-5-6-12-23(19)16-18-7-3-2-4-8-18;;/h2-4,7-8,17,19,21H,5-6,9-16H2,1H3;2*1H. The van der Waals surface area contributed by atoms with E-state index in [1.165, 1.54) is 18.4 Å². The van der Waals surface area contributed by atoms with Gasteiger partial charge in [-0.2, -0.15) is 0 Å². The molecular formula is C20H33Cl2N3O. The lowest BCUT2D eigenvalue weighted by molar-refractivity contribution is -0.140. The minimum atomic E-state index is 0. The van der Waals surface area contributed by atoms with Crippen LogP contribution < -0.4 is 5.32 Å². The average molecular weight is 402 g/mol. The zero-order chi connectivity index (χ0) is 16.8. The third kappa shape index (κ3) is 6.12. The summed E-state index contributed by atoms with van der Waals surface area (Å²) in [7, 11) is 2.01. The minimum absolute atomic E-state index is 0. The average Bonchev–Trinajstić information content (AvgIpc) is 2.63. The molecule has 1 N–H and O–H groups in total. The molecule has 1 unspecified atom stereocenters. The predicted octanol–water partition coefficient (Wildman–Crippen LogP) is 3.34. The number of carbonyl (C=O) groups excluding carboxylic acids is 1. The lowest BCUT2D eigenvalue weighted by Gasteiger charge is -2.40. The van der Waals surface area contributed by atoms with E-state index in [9.17, 15) is 4.79 Å². The van der Waals surface area contributed by atoms with E-state index < -0.39 is 0 Å². The first-order chi connectivity index (χ1) is 11.8. The SMILES string of the molecule is CNCC1CCN(C(=O)C2CCCCN2Cc2ccccc2)CC1.Cl.Cl. The zero-order valence-electron chi connectivity index (χ0n) is 15.7. The van der Waals surface area contributed by atoms with Gasteiger partial charge in [0.2, 0.25) is 5.91 Å². The number of piperidine rings is 2. The highest BCUT2D eigenvalue weighted by Gasteiger charge is 2.33. The van der Waals surface area contributed by atoms with Gasteiger partial charge in [0.15, 0.2) is 0 Å². The maximum Gasteiger partial charge on any atom is 0.239 e. The largest absolute Gasteiger partial charge is 0.341 e. The van der Waals surface area contributed by atoms with E-state index in [1.54, 1.807) is 0 Å². The number of rotatable bonds is 5. The van der Waals surface area contributed by atoms with Crippen LogP contribution in [0.5, 0.6) is 0 Å². The summed E-state index contributed by atoms with van der Waals surface area (Å²) in [6, 6.07) is 10.6. The van der Waals surface area contributed by atoms with Crippen molar-refractivity contribution < 1.29 is 4.79 Å². The summed E-state index contributed by atoms with van der Waals surface area (Å²) < 4.78 is 0. The molecule has 1 aromatic rings. The van der Waals surface area contributed by atoms with Crippen molar-refractivity contribution in [3.05, 3.63) is 35.9 Å². The highest BCUT2D eigenvalue weighted by Crippen LogP contribution is 2.24. The van der Waals surface area contributed by atoms with Gasteiger partial charge in [-0.25, -0.2) is 0 Å². The van der Waals surface area contributed by atoms with Crippen molar-refractivity contribution >= 4 is 30.7 Å². The Balaban J connectivity index is 0.00000169. The van der Waals surface area contributed by atoms with E-state index in [0.29, 0.717) is 5.91 Å². The number of nitrogens with one attached hydrogen (secondary N) is 1. The molecule has 0 spiro atoms. The van der Waals surface area contributed by atoms with E-state index in [1.807, 2.05) is 7.05 Å². The molecule has 0 saturated carbocycles. The van der Waals surface area contributed by atoms with E-state index in [4.69, 9.17) is 0 Å². The highest BCUT2D eigenvalue weighted by molar-refractivity contribution is 5.85. The predicted molar refractivity (Wildman–Crippen MR) is 112 cm³/mol. The number of likely N-dealkylation sites (tertiary alicyclic amines) is 2. The Morgan fingerprint density at radius 1 is 1.04 bits per heavy atom. The fraction of sp³-hybridized carbons (Fsp3) is 0.650. The van der Waals surface area contributed by atoms with Crippen LogP contribution in [0.25, 0.3) is 0 Å². The van der Waals surface area contributed by atoms with Gasteiger partial charge in [0.05, 0.1) is 6.04 Å². The van der Waals surface area contributed by atoms with Crippen LogP contribution in [0.15, 0.2) is 30.3 Å². The van der Waals surface area contributed by atoms with Gasteiger partial charge in [0, 0.05) is 19.6 Å². The molecule has 1 aromatic carbocycles. The van der Waals surface area contributed by atoms with Crippen molar-refractivity contribution in [2.45, 2.75) is 44.7 Å². The van der Waals surface area contributed by atoms with Crippen molar-refractivity contribution in [3.8, 4) is 0 Å². The first-order valence-electron chi connectivity index (χ1n) is 9.49. The number of amides is 1. The molecule has 3 rings (SSSR count). The molecule has 0 bridgehead atoms. The Kier molecular flexibility index (Phi) is 10.6. The van der Waals surface area contributed by atoms with Crippen LogP contribution in [0, 0.1) is 5.92 Å². The van der Waals surface area contributed by atoms with Gasteiger partial charge in [-0.3, -0.25) is 9.69 Å². The van der Waals surface area contributed by atoms with Crippen molar-refractivity contribution in [2.75, 3.05) is 33.2 Å².